The van der Waals surface area contributed by atoms with Crippen LogP contribution < -0.4 is 5.32 Å². The molecular weight excluding hydrogens is 294 g/mol. The van der Waals surface area contributed by atoms with E-state index in [4.69, 9.17) is 5.11 Å². The van der Waals surface area contributed by atoms with Crippen molar-refractivity contribution >= 4 is 23.4 Å². The zero-order valence-electron chi connectivity index (χ0n) is 12.9. The molecule has 0 fully saturated rings. The van der Waals surface area contributed by atoms with Gasteiger partial charge in [0.2, 0.25) is 5.91 Å². The van der Waals surface area contributed by atoms with E-state index in [1.54, 1.807) is 11.8 Å². The molecule has 0 radical (unpaired) electrons. The van der Waals surface area contributed by atoms with Gasteiger partial charge in [0, 0.05) is 22.8 Å². The van der Waals surface area contributed by atoms with Gasteiger partial charge in [0.25, 0.3) is 0 Å². The second-order valence-electron chi connectivity index (χ2n) is 5.27. The molecule has 0 atom stereocenters. The maximum atomic E-state index is 12.0. The van der Waals surface area contributed by atoms with Gasteiger partial charge in [0.1, 0.15) is 0 Å². The van der Waals surface area contributed by atoms with E-state index >= 15 is 0 Å². The minimum atomic E-state index is -0.0214. The van der Waals surface area contributed by atoms with Crippen molar-refractivity contribution in [3.63, 3.8) is 0 Å². The Labute approximate surface area is 135 Å². The van der Waals surface area contributed by atoms with Gasteiger partial charge in [-0.25, -0.2) is 0 Å². The minimum absolute atomic E-state index is 0.00204. The molecule has 22 heavy (non-hydrogen) atoms. The van der Waals surface area contributed by atoms with Gasteiger partial charge in [-0.2, -0.15) is 0 Å². The number of aliphatic hydroxyl groups excluding tert-OH is 1. The number of aliphatic hydroxyl groups is 1. The maximum absolute atomic E-state index is 12.0. The Balaban J connectivity index is 1.84. The first-order valence-electron chi connectivity index (χ1n) is 7.28. The van der Waals surface area contributed by atoms with Crippen LogP contribution in [0.2, 0.25) is 0 Å². The molecule has 2 aromatic rings. The molecule has 116 valence electrons. The molecule has 0 saturated carbocycles. The highest BCUT2D eigenvalue weighted by Crippen LogP contribution is 2.20. The molecular formula is C18H21NO2S. The molecule has 0 aliphatic rings. The number of aryl methyl sites for hydroxylation is 2. The van der Waals surface area contributed by atoms with Gasteiger partial charge < -0.3 is 10.4 Å². The monoisotopic (exact) mass is 315 g/mol. The second kappa shape index (κ2) is 8.01. The van der Waals surface area contributed by atoms with Crippen LogP contribution in [-0.4, -0.2) is 16.8 Å². The SMILES string of the molecule is Cc1ccc(SCCC(=O)Nc2cc(CO)ccc2C)cc1. The molecule has 0 spiro atoms. The fourth-order valence-electron chi connectivity index (χ4n) is 2.01. The Kier molecular flexibility index (Phi) is 6.04. The van der Waals surface area contributed by atoms with E-state index in [2.05, 4.69) is 36.5 Å². The third kappa shape index (κ3) is 4.90. The summed E-state index contributed by atoms with van der Waals surface area (Å²) in [6, 6.07) is 13.9. The second-order valence-corrected chi connectivity index (χ2v) is 6.44. The number of hydrogen-bond donors (Lipinski definition) is 2. The Morgan fingerprint density at radius 2 is 1.86 bits per heavy atom. The standard InChI is InChI=1S/C18H21NO2S/c1-13-3-7-16(8-4-13)22-10-9-18(21)19-17-11-15(12-20)6-5-14(17)2/h3-8,11,20H,9-10,12H2,1-2H3,(H,19,21). The van der Waals surface area contributed by atoms with Crippen molar-refractivity contribution in [1.29, 1.82) is 0 Å². The van der Waals surface area contributed by atoms with E-state index in [0.717, 1.165) is 22.6 Å². The summed E-state index contributed by atoms with van der Waals surface area (Å²) in [5, 5.41) is 12.1. The molecule has 0 aliphatic heterocycles. The topological polar surface area (TPSA) is 49.3 Å². The fourth-order valence-corrected chi connectivity index (χ4v) is 2.86. The zero-order valence-corrected chi connectivity index (χ0v) is 13.7. The summed E-state index contributed by atoms with van der Waals surface area (Å²) >= 11 is 1.68. The average Bonchev–Trinajstić information content (AvgIpc) is 2.51. The minimum Gasteiger partial charge on any atom is -0.392 e. The number of amides is 1. The quantitative estimate of drug-likeness (QED) is 0.794. The van der Waals surface area contributed by atoms with E-state index in [0.29, 0.717) is 6.42 Å². The molecule has 0 bridgehead atoms. The van der Waals surface area contributed by atoms with Gasteiger partial charge >= 0.3 is 0 Å². The molecule has 2 aromatic carbocycles. The van der Waals surface area contributed by atoms with Crippen LogP contribution in [0.3, 0.4) is 0 Å². The Morgan fingerprint density at radius 1 is 1.14 bits per heavy atom. The van der Waals surface area contributed by atoms with Crippen LogP contribution in [-0.2, 0) is 11.4 Å². The van der Waals surface area contributed by atoms with E-state index < -0.39 is 0 Å². The van der Waals surface area contributed by atoms with Crippen LogP contribution in [0.5, 0.6) is 0 Å². The number of benzene rings is 2. The lowest BCUT2D eigenvalue weighted by Gasteiger charge is -2.10. The van der Waals surface area contributed by atoms with Gasteiger partial charge in [-0.1, -0.05) is 29.8 Å². The summed E-state index contributed by atoms with van der Waals surface area (Å²) in [6.07, 6.45) is 0.460. The van der Waals surface area contributed by atoms with Crippen LogP contribution in [0.25, 0.3) is 0 Å². The number of carbonyl (C=O) groups excluding carboxylic acids is 1. The first-order valence-corrected chi connectivity index (χ1v) is 8.27. The summed E-state index contributed by atoms with van der Waals surface area (Å²) < 4.78 is 0. The summed E-state index contributed by atoms with van der Waals surface area (Å²) in [5.41, 5.74) is 3.81. The van der Waals surface area contributed by atoms with Gasteiger partial charge in [0.15, 0.2) is 0 Å². The van der Waals surface area contributed by atoms with Crippen molar-refractivity contribution in [2.24, 2.45) is 0 Å². The Hall–Kier alpha value is -1.78. The highest BCUT2D eigenvalue weighted by molar-refractivity contribution is 7.99. The smallest absolute Gasteiger partial charge is 0.225 e. The Morgan fingerprint density at radius 3 is 2.55 bits per heavy atom. The highest BCUT2D eigenvalue weighted by Gasteiger charge is 2.06. The largest absolute Gasteiger partial charge is 0.392 e. The predicted molar refractivity (Wildman–Crippen MR) is 92.3 cm³/mol. The molecule has 3 nitrogen and oxygen atoms in total. The predicted octanol–water partition coefficient (Wildman–Crippen LogP) is 3.92. The highest BCUT2D eigenvalue weighted by atomic mass is 32.2. The number of carbonyl (C=O) groups is 1. The third-order valence-corrected chi connectivity index (χ3v) is 4.39. The normalized spacial score (nSPS) is 10.5. The molecule has 0 heterocycles. The number of hydrogen-bond acceptors (Lipinski definition) is 3. The lowest BCUT2D eigenvalue weighted by atomic mass is 10.1. The maximum Gasteiger partial charge on any atom is 0.225 e. The zero-order chi connectivity index (χ0) is 15.9. The molecule has 0 aliphatic carbocycles. The van der Waals surface area contributed by atoms with Crippen molar-refractivity contribution in [1.82, 2.24) is 0 Å². The van der Waals surface area contributed by atoms with Crippen LogP contribution in [0.4, 0.5) is 5.69 Å². The van der Waals surface area contributed by atoms with Gasteiger partial charge in [0.05, 0.1) is 6.61 Å². The molecule has 0 saturated heterocycles. The van der Waals surface area contributed by atoms with Crippen molar-refractivity contribution in [2.45, 2.75) is 31.8 Å². The molecule has 0 unspecified atom stereocenters. The molecule has 2 rings (SSSR count). The Bertz CT molecular complexity index is 638. The van der Waals surface area contributed by atoms with E-state index in [-0.39, 0.29) is 12.5 Å². The number of thioether (sulfide) groups is 1. The number of nitrogens with one attached hydrogen (secondary N) is 1. The summed E-state index contributed by atoms with van der Waals surface area (Å²) in [7, 11) is 0. The third-order valence-electron chi connectivity index (χ3n) is 3.38. The lowest BCUT2D eigenvalue weighted by molar-refractivity contribution is -0.115. The molecule has 2 N–H and O–H groups in total. The molecule has 0 aromatic heterocycles. The first-order chi connectivity index (χ1) is 10.6. The van der Waals surface area contributed by atoms with E-state index in [9.17, 15) is 4.79 Å². The fraction of sp³-hybridized carbons (Fsp3) is 0.278. The van der Waals surface area contributed by atoms with Crippen LogP contribution >= 0.6 is 11.8 Å². The summed E-state index contributed by atoms with van der Waals surface area (Å²) in [4.78, 5) is 13.2. The van der Waals surface area contributed by atoms with Crippen molar-refractivity contribution in [2.75, 3.05) is 11.1 Å². The lowest BCUT2D eigenvalue weighted by Crippen LogP contribution is -2.13. The van der Waals surface area contributed by atoms with Gasteiger partial charge in [-0.3, -0.25) is 4.79 Å². The van der Waals surface area contributed by atoms with Crippen molar-refractivity contribution in [3.8, 4) is 0 Å². The average molecular weight is 315 g/mol. The van der Waals surface area contributed by atoms with Crippen molar-refractivity contribution < 1.29 is 9.90 Å². The van der Waals surface area contributed by atoms with E-state index in [1.807, 2.05) is 25.1 Å². The number of rotatable bonds is 6. The summed E-state index contributed by atoms with van der Waals surface area (Å²) in [5.74, 6) is 0.742. The van der Waals surface area contributed by atoms with Crippen molar-refractivity contribution in [3.05, 3.63) is 59.2 Å². The van der Waals surface area contributed by atoms with E-state index in [1.165, 1.54) is 10.5 Å². The summed E-state index contributed by atoms with van der Waals surface area (Å²) in [6.45, 7) is 3.98. The van der Waals surface area contributed by atoms with Crippen LogP contribution in [0.15, 0.2) is 47.4 Å². The van der Waals surface area contributed by atoms with Crippen LogP contribution in [0, 0.1) is 13.8 Å². The van der Waals surface area contributed by atoms with Gasteiger partial charge in [-0.15, -0.1) is 11.8 Å². The number of anilines is 1. The van der Waals surface area contributed by atoms with Crippen LogP contribution in [0.1, 0.15) is 23.1 Å². The van der Waals surface area contributed by atoms with Gasteiger partial charge in [-0.05, 0) is 43.2 Å². The molecule has 4 heteroatoms. The molecule has 1 amide bonds. The first kappa shape index (κ1) is 16.6.